The van der Waals surface area contributed by atoms with Gasteiger partial charge in [-0.15, -0.1) is 20.5 Å². The van der Waals surface area contributed by atoms with Crippen LogP contribution in [0.4, 0.5) is 34.1 Å². The van der Waals surface area contributed by atoms with Gasteiger partial charge in [-0.3, -0.25) is 0 Å². The molecule has 7 rings (SSSR count). The zero-order valence-electron chi connectivity index (χ0n) is 27.5. The number of hydrogen-bond donors (Lipinski definition) is 5. The van der Waals surface area contributed by atoms with Gasteiger partial charge in [0.15, 0.2) is 31.3 Å². The minimum atomic E-state index is -0.00394. The summed E-state index contributed by atoms with van der Waals surface area (Å²) in [5.41, 5.74) is 15.4. The number of hydrogen-bond acceptors (Lipinski definition) is 9. The molecule has 1 unspecified atom stereocenters. The molecule has 0 amide bonds. The number of nitrogens with zero attached hydrogens (tertiary/aromatic N) is 7. The van der Waals surface area contributed by atoms with Gasteiger partial charge in [0.1, 0.15) is 48.4 Å². The fraction of sp³-hybridized carbons (Fsp3) is 0.158. The van der Waals surface area contributed by atoms with Gasteiger partial charge in [0.25, 0.3) is 0 Å². The Hall–Kier alpha value is -6.40. The number of aryl methyl sites for hydroxylation is 2. The standard InChI is InChI=1S/C38H36N10O2/c39-37-31-13-3-1-11-29(31)33(23-35(37)49)43-41-27-9-5-15-45(25-27)17-7-19-47-21-22-48(47)20-8-18-46-16-6-10-28(26-46)42-44-34-24-36(50)38(40)32-14-4-2-12-30(32)34/h1-6,9-16,21-26H,7-8,17-20H2,(H4-2,39,40,41,42,43,44,49,50)/p+3. The van der Waals surface area contributed by atoms with E-state index in [-0.39, 0.29) is 11.5 Å². The van der Waals surface area contributed by atoms with Crippen molar-refractivity contribution in [2.75, 3.05) is 24.6 Å². The van der Waals surface area contributed by atoms with Crippen LogP contribution in [0.3, 0.4) is 0 Å². The SMILES string of the molecule is Nc1c(O)cc(N=Nc2ccc[n+](CCCN3C=C[NH+]3CCC[n+]3cccc(N=Nc4cc(O)c(N)c5ccccc45)c3)c2)c2ccccc12. The van der Waals surface area contributed by atoms with Gasteiger partial charge in [0.05, 0.1) is 35.7 Å². The summed E-state index contributed by atoms with van der Waals surface area (Å²) < 4.78 is 4.25. The van der Waals surface area contributed by atoms with Gasteiger partial charge >= 0.3 is 0 Å². The fourth-order valence-corrected chi connectivity index (χ4v) is 6.13. The lowest BCUT2D eigenvalue weighted by Crippen LogP contribution is -3.17. The second-order valence-electron chi connectivity index (χ2n) is 12.2. The molecule has 12 heteroatoms. The number of fused-ring (bicyclic) bond motifs is 2. The van der Waals surface area contributed by atoms with E-state index in [9.17, 15) is 10.2 Å². The van der Waals surface area contributed by atoms with E-state index in [0.29, 0.717) is 22.7 Å². The quantitative estimate of drug-likeness (QED) is 0.0465. The highest BCUT2D eigenvalue weighted by Crippen LogP contribution is 2.39. The van der Waals surface area contributed by atoms with E-state index < -0.39 is 0 Å². The average Bonchev–Trinajstić information content (AvgIpc) is 3.13. The van der Waals surface area contributed by atoms with Gasteiger partial charge in [-0.1, -0.05) is 48.5 Å². The van der Waals surface area contributed by atoms with Crippen molar-refractivity contribution in [2.24, 2.45) is 20.5 Å². The highest BCUT2D eigenvalue weighted by atomic mass is 16.3. The zero-order chi connectivity index (χ0) is 34.5. The van der Waals surface area contributed by atoms with Gasteiger partial charge in [0.2, 0.25) is 0 Å². The lowest BCUT2D eigenvalue weighted by Gasteiger charge is -2.32. The van der Waals surface area contributed by atoms with Gasteiger partial charge < -0.3 is 21.7 Å². The van der Waals surface area contributed by atoms with Crippen molar-refractivity contribution in [1.82, 2.24) is 5.01 Å². The molecular formula is C38H39N10O2+3. The summed E-state index contributed by atoms with van der Waals surface area (Å²) in [5, 5.41) is 45.1. The third kappa shape index (κ3) is 7.05. The van der Waals surface area contributed by atoms with Crippen molar-refractivity contribution in [2.45, 2.75) is 25.9 Å². The Kier molecular flexibility index (Phi) is 9.25. The summed E-state index contributed by atoms with van der Waals surface area (Å²) in [4.78, 5) is 0. The summed E-state index contributed by atoms with van der Waals surface area (Å²) in [6.07, 6.45) is 14.3. The van der Waals surface area contributed by atoms with Crippen LogP contribution >= 0.6 is 0 Å². The zero-order valence-corrected chi connectivity index (χ0v) is 27.5. The lowest BCUT2D eigenvalue weighted by molar-refractivity contribution is -0.986. The number of pyridine rings is 2. The summed E-state index contributed by atoms with van der Waals surface area (Å²) in [5.74, 6) is -0.00755. The number of nitrogen functional groups attached to an aromatic ring is 2. The smallest absolute Gasteiger partial charge is 0.196 e. The summed E-state index contributed by atoms with van der Waals surface area (Å²) in [6, 6.07) is 26.0. The molecule has 1 aliphatic heterocycles. The Morgan fingerprint density at radius 2 is 1.12 bits per heavy atom. The number of aromatic hydroxyl groups is 2. The van der Waals surface area contributed by atoms with Crippen LogP contribution in [-0.4, -0.2) is 28.3 Å². The Labute approximate surface area is 289 Å². The molecule has 0 radical (unpaired) electrons. The molecule has 1 atom stereocenters. The average molecular weight is 668 g/mol. The van der Waals surface area contributed by atoms with Crippen molar-refractivity contribution in [3.8, 4) is 11.5 Å². The molecule has 0 spiro atoms. The number of benzene rings is 4. The Morgan fingerprint density at radius 1 is 0.620 bits per heavy atom. The topological polar surface area (TPSA) is 157 Å². The molecule has 0 saturated heterocycles. The first kappa shape index (κ1) is 32.2. The molecule has 0 fully saturated rings. The predicted molar refractivity (Wildman–Crippen MR) is 193 cm³/mol. The van der Waals surface area contributed by atoms with Crippen LogP contribution in [0.5, 0.6) is 11.5 Å². The van der Waals surface area contributed by atoms with Crippen LogP contribution in [0.25, 0.3) is 21.5 Å². The highest BCUT2D eigenvalue weighted by molar-refractivity contribution is 6.03. The molecule has 2 aromatic heterocycles. The predicted octanol–water partition coefficient (Wildman–Crippen LogP) is 6.04. The lowest BCUT2D eigenvalue weighted by atomic mass is 10.1. The highest BCUT2D eigenvalue weighted by Gasteiger charge is 2.22. The number of nitrogens with one attached hydrogen (secondary N) is 1. The molecule has 12 nitrogen and oxygen atoms in total. The van der Waals surface area contributed by atoms with Gasteiger partial charge in [-0.25, -0.2) is 19.2 Å². The molecule has 3 heterocycles. The number of nitrogens with two attached hydrogens (primary N) is 2. The largest absolute Gasteiger partial charge is 0.506 e. The van der Waals surface area contributed by atoms with Crippen LogP contribution in [0.15, 0.2) is 143 Å². The van der Waals surface area contributed by atoms with Crippen LogP contribution in [-0.2, 0) is 13.1 Å². The number of phenolic OH excluding ortho intramolecular Hbond substituents is 2. The van der Waals surface area contributed by atoms with E-state index in [2.05, 4.69) is 47.0 Å². The number of anilines is 2. The number of aromatic nitrogens is 2. The second kappa shape index (κ2) is 14.4. The molecular weight excluding hydrogens is 628 g/mol. The minimum absolute atomic E-state index is 0.00360. The Balaban J connectivity index is 0.889. The number of azo groups is 2. The van der Waals surface area contributed by atoms with Crippen molar-refractivity contribution in [3.05, 3.63) is 122 Å². The van der Waals surface area contributed by atoms with E-state index in [1.807, 2.05) is 97.6 Å². The van der Waals surface area contributed by atoms with Gasteiger partial charge in [-0.2, -0.15) is 0 Å². The first-order valence-electron chi connectivity index (χ1n) is 16.6. The van der Waals surface area contributed by atoms with Crippen molar-refractivity contribution in [3.63, 3.8) is 0 Å². The normalized spacial score (nSPS) is 14.3. The number of phenols is 2. The third-order valence-electron chi connectivity index (χ3n) is 8.80. The number of quaternary nitrogens is 1. The van der Waals surface area contributed by atoms with Crippen LogP contribution in [0.1, 0.15) is 12.8 Å². The monoisotopic (exact) mass is 667 g/mol. The fourth-order valence-electron chi connectivity index (χ4n) is 6.13. The van der Waals surface area contributed by atoms with Gasteiger partial charge in [-0.05, 0) is 12.1 Å². The maximum Gasteiger partial charge on any atom is 0.196 e. The van der Waals surface area contributed by atoms with Crippen molar-refractivity contribution < 1.29 is 24.4 Å². The second-order valence-corrected chi connectivity index (χ2v) is 12.2. The van der Waals surface area contributed by atoms with Crippen molar-refractivity contribution in [1.29, 1.82) is 0 Å². The summed E-state index contributed by atoms with van der Waals surface area (Å²) in [7, 11) is 0. The van der Waals surface area contributed by atoms with E-state index in [4.69, 9.17) is 11.5 Å². The molecule has 0 aliphatic carbocycles. The molecule has 0 saturated carbocycles. The van der Waals surface area contributed by atoms with E-state index in [1.165, 1.54) is 5.01 Å². The minimum Gasteiger partial charge on any atom is -0.506 e. The molecule has 250 valence electrons. The third-order valence-corrected chi connectivity index (χ3v) is 8.80. The maximum atomic E-state index is 10.3. The van der Waals surface area contributed by atoms with E-state index >= 15 is 0 Å². The first-order chi connectivity index (χ1) is 24.4. The first-order valence-corrected chi connectivity index (χ1v) is 16.6. The molecule has 7 N–H and O–H groups in total. The van der Waals surface area contributed by atoms with Crippen molar-refractivity contribution >= 4 is 55.7 Å². The molecule has 1 aliphatic rings. The summed E-state index contributed by atoms with van der Waals surface area (Å²) in [6.45, 7) is 3.60. The molecule has 4 aromatic carbocycles. The van der Waals surface area contributed by atoms with Crippen LogP contribution in [0, 0.1) is 0 Å². The molecule has 50 heavy (non-hydrogen) atoms. The number of rotatable bonds is 12. The summed E-state index contributed by atoms with van der Waals surface area (Å²) >= 11 is 0. The van der Waals surface area contributed by atoms with E-state index in [1.54, 1.807) is 12.1 Å². The van der Waals surface area contributed by atoms with Crippen LogP contribution < -0.4 is 25.6 Å². The van der Waals surface area contributed by atoms with E-state index in [0.717, 1.165) is 71.9 Å². The van der Waals surface area contributed by atoms with Gasteiger partial charge in [0, 0.05) is 52.2 Å². The molecule has 0 bridgehead atoms. The molecule has 6 aromatic rings. The Bertz CT molecular complexity index is 2110. The van der Waals surface area contributed by atoms with Crippen LogP contribution in [0.2, 0.25) is 0 Å². The maximum absolute atomic E-state index is 10.3. The Morgan fingerprint density at radius 3 is 1.62 bits per heavy atom.